The normalized spacial score (nSPS) is 13.7. The van der Waals surface area contributed by atoms with E-state index in [1.54, 1.807) is 18.2 Å². The fraction of sp³-hybridized carbons (Fsp3) is 0.571. The SMILES string of the molecule is CCCCN(CCCC)C(=O)Nc1ccc2c(c1)C(=O)N(C(C)(C)C)C2=O. The number of hydrogen-bond donors (Lipinski definition) is 1. The highest BCUT2D eigenvalue weighted by Gasteiger charge is 2.41. The number of carbonyl (C=O) groups excluding carboxylic acids is 3. The van der Waals surface area contributed by atoms with Crippen LogP contribution in [0, 0.1) is 0 Å². The van der Waals surface area contributed by atoms with Crippen LogP contribution in [0.4, 0.5) is 10.5 Å². The van der Waals surface area contributed by atoms with E-state index in [0.717, 1.165) is 25.7 Å². The number of nitrogens with one attached hydrogen (secondary N) is 1. The molecule has 6 heteroatoms. The van der Waals surface area contributed by atoms with E-state index in [0.29, 0.717) is 29.9 Å². The molecule has 1 heterocycles. The van der Waals surface area contributed by atoms with Crippen LogP contribution in [0.15, 0.2) is 18.2 Å². The van der Waals surface area contributed by atoms with E-state index in [9.17, 15) is 14.4 Å². The number of anilines is 1. The van der Waals surface area contributed by atoms with Gasteiger partial charge >= 0.3 is 6.03 Å². The molecule has 0 aliphatic carbocycles. The topological polar surface area (TPSA) is 69.7 Å². The van der Waals surface area contributed by atoms with Gasteiger partial charge in [-0.15, -0.1) is 0 Å². The predicted octanol–water partition coefficient (Wildman–Crippen LogP) is 4.52. The summed E-state index contributed by atoms with van der Waals surface area (Å²) in [6.07, 6.45) is 3.95. The monoisotopic (exact) mass is 373 g/mol. The number of urea groups is 1. The molecule has 1 aliphatic heterocycles. The number of amides is 4. The van der Waals surface area contributed by atoms with E-state index in [4.69, 9.17) is 0 Å². The Morgan fingerprint density at radius 1 is 1.00 bits per heavy atom. The number of carbonyl (C=O) groups is 3. The van der Waals surface area contributed by atoms with Crippen molar-refractivity contribution in [2.75, 3.05) is 18.4 Å². The van der Waals surface area contributed by atoms with E-state index in [-0.39, 0.29) is 17.8 Å². The average molecular weight is 373 g/mol. The Hall–Kier alpha value is -2.37. The summed E-state index contributed by atoms with van der Waals surface area (Å²) in [6.45, 7) is 11.1. The summed E-state index contributed by atoms with van der Waals surface area (Å²) in [4.78, 5) is 41.0. The minimum absolute atomic E-state index is 0.165. The highest BCUT2D eigenvalue weighted by atomic mass is 16.2. The van der Waals surface area contributed by atoms with Gasteiger partial charge in [-0.2, -0.15) is 0 Å². The molecule has 0 atom stereocenters. The van der Waals surface area contributed by atoms with Gasteiger partial charge in [-0.25, -0.2) is 4.79 Å². The van der Waals surface area contributed by atoms with Crippen molar-refractivity contribution in [2.45, 2.75) is 65.8 Å². The van der Waals surface area contributed by atoms with Gasteiger partial charge in [-0.1, -0.05) is 26.7 Å². The number of hydrogen-bond acceptors (Lipinski definition) is 3. The molecule has 1 aliphatic rings. The van der Waals surface area contributed by atoms with Crippen molar-refractivity contribution in [3.63, 3.8) is 0 Å². The molecule has 0 aromatic heterocycles. The summed E-state index contributed by atoms with van der Waals surface area (Å²) in [7, 11) is 0. The van der Waals surface area contributed by atoms with Crippen LogP contribution < -0.4 is 5.32 Å². The Labute approximate surface area is 161 Å². The molecule has 1 aromatic rings. The molecular formula is C21H31N3O3. The molecule has 1 N–H and O–H groups in total. The molecule has 1 aromatic carbocycles. The van der Waals surface area contributed by atoms with Crippen LogP contribution in [-0.2, 0) is 0 Å². The lowest BCUT2D eigenvalue weighted by atomic mass is 10.1. The third-order valence-corrected chi connectivity index (χ3v) is 4.66. The van der Waals surface area contributed by atoms with Gasteiger partial charge in [-0.05, 0) is 51.8 Å². The third-order valence-electron chi connectivity index (χ3n) is 4.66. The van der Waals surface area contributed by atoms with Gasteiger partial charge in [0.25, 0.3) is 11.8 Å². The average Bonchev–Trinajstić information content (AvgIpc) is 2.85. The zero-order valence-corrected chi connectivity index (χ0v) is 17.1. The maximum atomic E-state index is 12.7. The molecule has 0 saturated carbocycles. The molecule has 0 fully saturated rings. The van der Waals surface area contributed by atoms with E-state index < -0.39 is 5.54 Å². The predicted molar refractivity (Wildman–Crippen MR) is 107 cm³/mol. The summed E-state index contributed by atoms with van der Waals surface area (Å²) in [5, 5.41) is 2.88. The van der Waals surface area contributed by atoms with Crippen LogP contribution in [0.25, 0.3) is 0 Å². The van der Waals surface area contributed by atoms with Gasteiger partial charge in [-0.3, -0.25) is 14.5 Å². The van der Waals surface area contributed by atoms with Crippen LogP contribution in [-0.4, -0.2) is 46.3 Å². The maximum Gasteiger partial charge on any atom is 0.321 e. The minimum Gasteiger partial charge on any atom is -0.325 e. The second-order valence-corrected chi connectivity index (χ2v) is 8.00. The van der Waals surface area contributed by atoms with Crippen molar-refractivity contribution in [3.05, 3.63) is 29.3 Å². The highest BCUT2D eigenvalue weighted by Crippen LogP contribution is 2.31. The molecule has 148 valence electrons. The van der Waals surface area contributed by atoms with E-state index >= 15 is 0 Å². The fourth-order valence-corrected chi connectivity index (χ4v) is 3.14. The number of unbranched alkanes of at least 4 members (excludes halogenated alkanes) is 2. The van der Waals surface area contributed by atoms with Crippen molar-refractivity contribution in [1.29, 1.82) is 0 Å². The fourth-order valence-electron chi connectivity index (χ4n) is 3.14. The maximum absolute atomic E-state index is 12.7. The Bertz CT molecular complexity index is 714. The van der Waals surface area contributed by atoms with Crippen molar-refractivity contribution < 1.29 is 14.4 Å². The van der Waals surface area contributed by atoms with Gasteiger partial charge < -0.3 is 10.2 Å². The number of imide groups is 1. The zero-order chi connectivity index (χ0) is 20.2. The standard InChI is InChI=1S/C21H31N3O3/c1-6-8-12-23(13-9-7-2)20(27)22-15-10-11-16-17(14-15)19(26)24(18(16)25)21(3,4)5/h10-11,14H,6-9,12-13H2,1-5H3,(H,22,27). The second kappa shape index (κ2) is 8.55. The van der Waals surface area contributed by atoms with Crippen molar-refractivity contribution >= 4 is 23.5 Å². The van der Waals surface area contributed by atoms with Crippen LogP contribution in [0.1, 0.15) is 81.0 Å². The van der Waals surface area contributed by atoms with E-state index in [1.165, 1.54) is 4.90 Å². The zero-order valence-electron chi connectivity index (χ0n) is 17.1. The minimum atomic E-state index is -0.590. The number of fused-ring (bicyclic) bond motifs is 1. The first-order valence-corrected chi connectivity index (χ1v) is 9.79. The van der Waals surface area contributed by atoms with Crippen LogP contribution in [0.3, 0.4) is 0 Å². The number of rotatable bonds is 7. The molecule has 0 bridgehead atoms. The van der Waals surface area contributed by atoms with E-state index in [2.05, 4.69) is 19.2 Å². The summed E-state index contributed by atoms with van der Waals surface area (Å²) < 4.78 is 0. The smallest absolute Gasteiger partial charge is 0.321 e. The summed E-state index contributed by atoms with van der Waals surface area (Å²) in [5.74, 6) is -0.597. The van der Waals surface area contributed by atoms with Gasteiger partial charge in [0.15, 0.2) is 0 Å². The van der Waals surface area contributed by atoms with Crippen molar-refractivity contribution in [3.8, 4) is 0 Å². The molecule has 0 radical (unpaired) electrons. The third kappa shape index (κ3) is 4.67. The Balaban J connectivity index is 2.18. The molecule has 2 rings (SSSR count). The summed E-state index contributed by atoms with van der Waals surface area (Å²) in [5.41, 5.74) is 0.685. The molecule has 6 nitrogen and oxygen atoms in total. The second-order valence-electron chi connectivity index (χ2n) is 8.00. The van der Waals surface area contributed by atoms with Gasteiger partial charge in [0, 0.05) is 24.3 Å². The van der Waals surface area contributed by atoms with Crippen LogP contribution in [0.2, 0.25) is 0 Å². The van der Waals surface area contributed by atoms with Crippen LogP contribution >= 0.6 is 0 Å². The molecule has 0 unspecified atom stereocenters. The lowest BCUT2D eigenvalue weighted by Gasteiger charge is -2.29. The largest absolute Gasteiger partial charge is 0.325 e. The Kier molecular flexibility index (Phi) is 6.63. The first kappa shape index (κ1) is 20.9. The Morgan fingerprint density at radius 3 is 2.07 bits per heavy atom. The molecule has 27 heavy (non-hydrogen) atoms. The number of benzene rings is 1. The molecule has 4 amide bonds. The van der Waals surface area contributed by atoms with Crippen molar-refractivity contribution in [2.24, 2.45) is 0 Å². The quantitative estimate of drug-likeness (QED) is 0.715. The number of nitrogens with zero attached hydrogens (tertiary/aromatic N) is 2. The van der Waals surface area contributed by atoms with Gasteiger partial charge in [0.05, 0.1) is 11.1 Å². The molecule has 0 saturated heterocycles. The van der Waals surface area contributed by atoms with Gasteiger partial charge in [0.2, 0.25) is 0 Å². The Morgan fingerprint density at radius 2 is 1.56 bits per heavy atom. The van der Waals surface area contributed by atoms with Crippen LogP contribution in [0.5, 0.6) is 0 Å². The lowest BCUT2D eigenvalue weighted by Crippen LogP contribution is -2.45. The summed E-state index contributed by atoms with van der Waals surface area (Å²) >= 11 is 0. The van der Waals surface area contributed by atoms with E-state index in [1.807, 2.05) is 25.7 Å². The lowest BCUT2D eigenvalue weighted by molar-refractivity contribution is 0.0507. The first-order valence-electron chi connectivity index (χ1n) is 9.79. The van der Waals surface area contributed by atoms with Crippen molar-refractivity contribution in [1.82, 2.24) is 9.80 Å². The molecule has 0 spiro atoms. The summed E-state index contributed by atoms with van der Waals surface area (Å²) in [6, 6.07) is 4.75. The first-order chi connectivity index (χ1) is 12.7. The highest BCUT2D eigenvalue weighted by molar-refractivity contribution is 6.22. The van der Waals surface area contributed by atoms with Gasteiger partial charge in [0.1, 0.15) is 0 Å². The molecular weight excluding hydrogens is 342 g/mol.